The van der Waals surface area contributed by atoms with E-state index in [1.807, 2.05) is 62.4 Å². The standard InChI is InChI=1S/C33H41N3O6/c1-22-11-16-27(23(2)19-22)29(30(39)34-21-25-9-7-6-8-10-25)36(17-18-37)31(40)28(35-32(41)42-33(3,4)5)20-24-12-14-26(38)15-13-24/h6-16,19,28-29,37-38H,17-18,20-21H2,1-5H3,(H,34,39)(H,35,41). The van der Waals surface area contributed by atoms with Crippen LogP contribution >= 0.6 is 0 Å². The first-order chi connectivity index (χ1) is 19.9. The summed E-state index contributed by atoms with van der Waals surface area (Å²) in [6.07, 6.45) is -0.730. The van der Waals surface area contributed by atoms with Crippen LogP contribution in [0.2, 0.25) is 0 Å². The Kier molecular flexibility index (Phi) is 11.1. The van der Waals surface area contributed by atoms with Gasteiger partial charge in [0, 0.05) is 19.5 Å². The molecule has 42 heavy (non-hydrogen) atoms. The third-order valence-electron chi connectivity index (χ3n) is 6.58. The molecule has 0 fully saturated rings. The van der Waals surface area contributed by atoms with E-state index < -0.39 is 42.2 Å². The lowest BCUT2D eigenvalue weighted by Crippen LogP contribution is -2.54. The first kappa shape index (κ1) is 32.1. The average molecular weight is 576 g/mol. The Bertz CT molecular complexity index is 1350. The van der Waals surface area contributed by atoms with E-state index in [0.717, 1.165) is 16.7 Å². The zero-order valence-electron chi connectivity index (χ0n) is 24.9. The molecule has 3 amide bonds. The van der Waals surface area contributed by atoms with Crippen molar-refractivity contribution in [3.63, 3.8) is 0 Å². The van der Waals surface area contributed by atoms with E-state index in [-0.39, 0.29) is 25.3 Å². The number of ether oxygens (including phenoxy) is 1. The van der Waals surface area contributed by atoms with Gasteiger partial charge in [-0.15, -0.1) is 0 Å². The number of rotatable bonds is 11. The second-order valence-electron chi connectivity index (χ2n) is 11.3. The lowest BCUT2D eigenvalue weighted by molar-refractivity contribution is -0.143. The van der Waals surface area contributed by atoms with E-state index in [4.69, 9.17) is 4.74 Å². The number of aliphatic hydroxyl groups is 1. The fourth-order valence-electron chi connectivity index (χ4n) is 4.66. The van der Waals surface area contributed by atoms with Crippen LogP contribution in [0.4, 0.5) is 4.79 Å². The molecule has 2 unspecified atom stereocenters. The number of hydrogen-bond acceptors (Lipinski definition) is 6. The van der Waals surface area contributed by atoms with E-state index in [1.54, 1.807) is 32.9 Å². The predicted molar refractivity (Wildman–Crippen MR) is 161 cm³/mol. The Balaban J connectivity index is 2.02. The van der Waals surface area contributed by atoms with E-state index in [9.17, 15) is 24.6 Å². The van der Waals surface area contributed by atoms with Crippen molar-refractivity contribution >= 4 is 17.9 Å². The predicted octanol–water partition coefficient (Wildman–Crippen LogP) is 4.32. The van der Waals surface area contributed by atoms with Crippen molar-refractivity contribution in [2.45, 2.75) is 65.3 Å². The summed E-state index contributed by atoms with van der Waals surface area (Å²) in [5.74, 6) is -0.926. The van der Waals surface area contributed by atoms with Crippen LogP contribution in [0.1, 0.15) is 54.6 Å². The van der Waals surface area contributed by atoms with Crippen LogP contribution in [-0.4, -0.2) is 57.8 Å². The number of aryl methyl sites for hydroxylation is 2. The molecule has 0 aliphatic rings. The van der Waals surface area contributed by atoms with Crippen LogP contribution in [0.25, 0.3) is 0 Å². The Morgan fingerprint density at radius 2 is 1.60 bits per heavy atom. The summed E-state index contributed by atoms with van der Waals surface area (Å²) in [5.41, 5.74) is 3.16. The molecule has 0 aliphatic carbocycles. The molecule has 3 aromatic carbocycles. The highest BCUT2D eigenvalue weighted by molar-refractivity contribution is 5.92. The molecule has 0 aliphatic heterocycles. The Labute approximate surface area is 247 Å². The zero-order valence-corrected chi connectivity index (χ0v) is 24.9. The molecule has 4 N–H and O–H groups in total. The number of aliphatic hydroxyl groups excluding tert-OH is 1. The van der Waals surface area contributed by atoms with Gasteiger partial charge in [-0.2, -0.15) is 0 Å². The van der Waals surface area contributed by atoms with Crippen molar-refractivity contribution in [3.05, 3.63) is 101 Å². The monoisotopic (exact) mass is 575 g/mol. The van der Waals surface area contributed by atoms with Crippen molar-refractivity contribution in [2.75, 3.05) is 13.2 Å². The minimum Gasteiger partial charge on any atom is -0.508 e. The van der Waals surface area contributed by atoms with Crippen LogP contribution in [0.3, 0.4) is 0 Å². The number of phenolic OH excluding ortho intramolecular Hbond substituents is 1. The van der Waals surface area contributed by atoms with Gasteiger partial charge in [0.05, 0.1) is 6.61 Å². The molecular weight excluding hydrogens is 534 g/mol. The quantitative estimate of drug-likeness (QED) is 0.270. The molecule has 0 saturated carbocycles. The SMILES string of the molecule is Cc1ccc(C(C(=O)NCc2ccccc2)N(CCO)C(=O)C(Cc2ccc(O)cc2)NC(=O)OC(C)(C)C)c(C)c1. The number of aromatic hydroxyl groups is 1. The largest absolute Gasteiger partial charge is 0.508 e. The average Bonchev–Trinajstić information content (AvgIpc) is 2.92. The maximum absolute atomic E-state index is 14.3. The highest BCUT2D eigenvalue weighted by Crippen LogP contribution is 2.27. The Hall–Kier alpha value is -4.37. The fraction of sp³-hybridized carbons (Fsp3) is 0.364. The van der Waals surface area contributed by atoms with Gasteiger partial charge >= 0.3 is 6.09 Å². The molecule has 2 atom stereocenters. The van der Waals surface area contributed by atoms with Gasteiger partial charge in [0.1, 0.15) is 23.4 Å². The minimum atomic E-state index is -1.13. The smallest absolute Gasteiger partial charge is 0.408 e. The number of hydrogen-bond donors (Lipinski definition) is 4. The summed E-state index contributed by atoms with van der Waals surface area (Å²) in [7, 11) is 0. The molecule has 0 bridgehead atoms. The number of nitrogens with one attached hydrogen (secondary N) is 2. The summed E-state index contributed by atoms with van der Waals surface area (Å²) in [6.45, 7) is 8.65. The van der Waals surface area contributed by atoms with Crippen molar-refractivity contribution in [3.8, 4) is 5.75 Å². The normalized spacial score (nSPS) is 12.6. The van der Waals surface area contributed by atoms with Gasteiger partial charge in [-0.3, -0.25) is 9.59 Å². The highest BCUT2D eigenvalue weighted by atomic mass is 16.6. The maximum atomic E-state index is 14.3. The third-order valence-corrected chi connectivity index (χ3v) is 6.58. The summed E-state index contributed by atoms with van der Waals surface area (Å²) >= 11 is 0. The third kappa shape index (κ3) is 9.34. The van der Waals surface area contributed by atoms with Crippen molar-refractivity contribution in [2.24, 2.45) is 0 Å². The van der Waals surface area contributed by atoms with E-state index in [0.29, 0.717) is 11.1 Å². The molecule has 0 heterocycles. The first-order valence-corrected chi connectivity index (χ1v) is 14.0. The van der Waals surface area contributed by atoms with E-state index in [1.165, 1.54) is 17.0 Å². The lowest BCUT2D eigenvalue weighted by Gasteiger charge is -2.35. The molecule has 9 nitrogen and oxygen atoms in total. The molecule has 0 spiro atoms. The first-order valence-electron chi connectivity index (χ1n) is 14.0. The molecule has 9 heteroatoms. The molecule has 3 rings (SSSR count). The number of amides is 3. The van der Waals surface area contributed by atoms with Crippen LogP contribution in [-0.2, 0) is 27.3 Å². The van der Waals surface area contributed by atoms with Crippen LogP contribution in [0, 0.1) is 13.8 Å². The minimum absolute atomic E-state index is 0.0610. The summed E-state index contributed by atoms with van der Waals surface area (Å²) in [6, 6.07) is 19.1. The van der Waals surface area contributed by atoms with E-state index in [2.05, 4.69) is 10.6 Å². The number of carbonyl (C=O) groups excluding carboxylic acids is 3. The van der Waals surface area contributed by atoms with Crippen molar-refractivity contribution in [1.29, 1.82) is 0 Å². The second kappa shape index (κ2) is 14.5. The highest BCUT2D eigenvalue weighted by Gasteiger charge is 2.36. The zero-order chi connectivity index (χ0) is 30.9. The number of phenols is 1. The molecular formula is C33H41N3O6. The topological polar surface area (TPSA) is 128 Å². The summed E-state index contributed by atoms with van der Waals surface area (Å²) < 4.78 is 5.44. The fourth-order valence-corrected chi connectivity index (χ4v) is 4.66. The molecule has 3 aromatic rings. The molecule has 0 aromatic heterocycles. The van der Waals surface area contributed by atoms with Gasteiger partial charge in [0.25, 0.3) is 0 Å². The van der Waals surface area contributed by atoms with Gasteiger partial charge in [-0.1, -0.05) is 66.2 Å². The van der Waals surface area contributed by atoms with Gasteiger partial charge < -0.3 is 30.5 Å². The van der Waals surface area contributed by atoms with Crippen LogP contribution in [0.5, 0.6) is 5.75 Å². The van der Waals surface area contributed by atoms with E-state index >= 15 is 0 Å². The van der Waals surface area contributed by atoms with Crippen molar-refractivity contribution in [1.82, 2.24) is 15.5 Å². The maximum Gasteiger partial charge on any atom is 0.408 e. The second-order valence-corrected chi connectivity index (χ2v) is 11.3. The number of carbonyl (C=O) groups is 3. The summed E-state index contributed by atoms with van der Waals surface area (Å²) in [4.78, 5) is 42.3. The van der Waals surface area contributed by atoms with Crippen LogP contribution < -0.4 is 10.6 Å². The van der Waals surface area contributed by atoms with Gasteiger partial charge in [-0.05, 0) is 69.0 Å². The lowest BCUT2D eigenvalue weighted by atomic mass is 9.95. The summed E-state index contributed by atoms with van der Waals surface area (Å²) in [5, 5.41) is 25.4. The number of nitrogens with zero attached hydrogens (tertiary/aromatic N) is 1. The Morgan fingerprint density at radius 1 is 0.929 bits per heavy atom. The number of benzene rings is 3. The van der Waals surface area contributed by atoms with Gasteiger partial charge in [0.15, 0.2) is 0 Å². The van der Waals surface area contributed by atoms with Crippen LogP contribution in [0.15, 0.2) is 72.8 Å². The molecule has 0 radical (unpaired) electrons. The van der Waals surface area contributed by atoms with Gasteiger partial charge in [0.2, 0.25) is 11.8 Å². The Morgan fingerprint density at radius 3 is 2.19 bits per heavy atom. The number of alkyl carbamates (subject to hydrolysis) is 1. The molecule has 0 saturated heterocycles. The molecule has 224 valence electrons. The van der Waals surface area contributed by atoms with Crippen molar-refractivity contribution < 1.29 is 29.3 Å². The van der Waals surface area contributed by atoms with Gasteiger partial charge in [-0.25, -0.2) is 4.79 Å².